The van der Waals surface area contributed by atoms with Gasteiger partial charge in [-0.05, 0) is 52.6 Å². The van der Waals surface area contributed by atoms with Crippen LogP contribution in [-0.2, 0) is 6.42 Å². The van der Waals surface area contributed by atoms with Gasteiger partial charge in [-0.2, -0.15) is 0 Å². The number of guanidine groups is 1. The first-order valence-electron chi connectivity index (χ1n) is 9.26. The van der Waals surface area contributed by atoms with Gasteiger partial charge < -0.3 is 10.6 Å². The molecule has 1 atom stereocenters. The summed E-state index contributed by atoms with van der Waals surface area (Å²) in [6.45, 7) is 13.9. The molecule has 0 spiro atoms. The van der Waals surface area contributed by atoms with Gasteiger partial charge in [-0.3, -0.25) is 9.89 Å². The zero-order chi connectivity index (χ0) is 17.4. The van der Waals surface area contributed by atoms with Crippen LogP contribution in [0.15, 0.2) is 11.2 Å². The van der Waals surface area contributed by atoms with Gasteiger partial charge in [0.2, 0.25) is 0 Å². The topological polar surface area (TPSA) is 52.6 Å². The lowest BCUT2D eigenvalue weighted by atomic mass is 9.98. The molecule has 144 valence electrons. The highest BCUT2D eigenvalue weighted by atomic mass is 127. The molecule has 0 bridgehead atoms. The predicted octanol–water partition coefficient (Wildman–Crippen LogP) is 3.29. The number of likely N-dealkylation sites (tertiary alicyclic amines) is 1. The van der Waals surface area contributed by atoms with E-state index in [0.717, 1.165) is 37.9 Å². The van der Waals surface area contributed by atoms with Crippen molar-refractivity contribution in [3.63, 3.8) is 0 Å². The lowest BCUT2D eigenvalue weighted by Crippen LogP contribution is -2.43. The fourth-order valence-corrected chi connectivity index (χ4v) is 3.74. The van der Waals surface area contributed by atoms with Gasteiger partial charge in [0, 0.05) is 36.6 Å². The molecule has 7 heteroatoms. The van der Waals surface area contributed by atoms with Crippen LogP contribution in [0.4, 0.5) is 0 Å². The highest BCUT2D eigenvalue weighted by Gasteiger charge is 2.19. The van der Waals surface area contributed by atoms with Crippen LogP contribution in [0.3, 0.4) is 0 Å². The Morgan fingerprint density at radius 2 is 2.12 bits per heavy atom. The van der Waals surface area contributed by atoms with Gasteiger partial charge in [-0.1, -0.05) is 6.92 Å². The fourth-order valence-electron chi connectivity index (χ4n) is 2.95. The van der Waals surface area contributed by atoms with Crippen molar-refractivity contribution in [2.45, 2.75) is 53.0 Å². The third-order valence-electron chi connectivity index (χ3n) is 4.60. The van der Waals surface area contributed by atoms with E-state index in [1.807, 2.05) is 6.20 Å². The quantitative estimate of drug-likeness (QED) is 0.358. The Hall–Kier alpha value is -0.410. The minimum Gasteiger partial charge on any atom is -0.357 e. The lowest BCUT2D eigenvalue weighted by molar-refractivity contribution is 0.150. The number of thiazole rings is 1. The zero-order valence-corrected chi connectivity index (χ0v) is 19.2. The van der Waals surface area contributed by atoms with E-state index in [1.54, 1.807) is 11.3 Å². The number of aryl methyl sites for hydroxylation is 1. The Morgan fingerprint density at radius 3 is 2.72 bits per heavy atom. The molecule has 2 heterocycles. The van der Waals surface area contributed by atoms with Gasteiger partial charge in [-0.15, -0.1) is 35.3 Å². The number of piperidine rings is 1. The average molecular weight is 479 g/mol. The van der Waals surface area contributed by atoms with Gasteiger partial charge in [-0.25, -0.2) is 4.98 Å². The molecule has 1 saturated heterocycles. The molecule has 25 heavy (non-hydrogen) atoms. The summed E-state index contributed by atoms with van der Waals surface area (Å²) in [6.07, 6.45) is 5.53. The standard InChI is InChI=1S/C18H33N5S.HI/c1-5-19-18(20-9-6-17-21-13-16(4)24-17)22-12-15(3)23-10-7-14(2)8-11-23;/h13-15H,5-12H2,1-4H3,(H2,19,20,22);1H. The van der Waals surface area contributed by atoms with E-state index >= 15 is 0 Å². The molecule has 2 N–H and O–H groups in total. The molecule has 0 aliphatic carbocycles. The van der Waals surface area contributed by atoms with Gasteiger partial charge in [0.1, 0.15) is 0 Å². The largest absolute Gasteiger partial charge is 0.357 e. The second-order valence-electron chi connectivity index (χ2n) is 6.83. The number of nitrogens with zero attached hydrogens (tertiary/aromatic N) is 3. The first-order chi connectivity index (χ1) is 11.6. The molecule has 1 aromatic rings. The molecule has 2 rings (SSSR count). The van der Waals surface area contributed by atoms with Crippen molar-refractivity contribution in [1.29, 1.82) is 0 Å². The Morgan fingerprint density at radius 1 is 1.40 bits per heavy atom. The molecule has 1 fully saturated rings. The van der Waals surface area contributed by atoms with Crippen LogP contribution in [0, 0.1) is 12.8 Å². The van der Waals surface area contributed by atoms with E-state index < -0.39 is 0 Å². The minimum absolute atomic E-state index is 0. The Bertz CT molecular complexity index is 511. The monoisotopic (exact) mass is 479 g/mol. The average Bonchev–Trinajstić information content (AvgIpc) is 2.98. The Labute approximate surface area is 174 Å². The van der Waals surface area contributed by atoms with Crippen LogP contribution in [0.1, 0.15) is 43.5 Å². The van der Waals surface area contributed by atoms with Crippen LogP contribution in [0.25, 0.3) is 0 Å². The number of hydrogen-bond acceptors (Lipinski definition) is 4. The molecule has 1 aliphatic rings. The van der Waals surface area contributed by atoms with Crippen LogP contribution < -0.4 is 10.6 Å². The van der Waals surface area contributed by atoms with Crippen molar-refractivity contribution in [2.75, 3.05) is 32.7 Å². The second-order valence-corrected chi connectivity index (χ2v) is 8.15. The van der Waals surface area contributed by atoms with Crippen molar-refractivity contribution < 1.29 is 0 Å². The minimum atomic E-state index is 0. The van der Waals surface area contributed by atoms with Crippen LogP contribution >= 0.6 is 35.3 Å². The number of halogens is 1. The highest BCUT2D eigenvalue weighted by Crippen LogP contribution is 2.18. The van der Waals surface area contributed by atoms with E-state index in [4.69, 9.17) is 4.99 Å². The summed E-state index contributed by atoms with van der Waals surface area (Å²) >= 11 is 1.77. The summed E-state index contributed by atoms with van der Waals surface area (Å²) in [6, 6.07) is 0.509. The zero-order valence-electron chi connectivity index (χ0n) is 16.0. The van der Waals surface area contributed by atoms with E-state index in [9.17, 15) is 0 Å². The molecule has 1 unspecified atom stereocenters. The summed E-state index contributed by atoms with van der Waals surface area (Å²) < 4.78 is 0. The Kier molecular flexibility index (Phi) is 10.9. The maximum Gasteiger partial charge on any atom is 0.191 e. The van der Waals surface area contributed by atoms with Gasteiger partial charge >= 0.3 is 0 Å². The number of rotatable bonds is 7. The molecule has 0 radical (unpaired) electrons. The van der Waals surface area contributed by atoms with Crippen molar-refractivity contribution in [3.8, 4) is 0 Å². The van der Waals surface area contributed by atoms with Crippen molar-refractivity contribution >= 4 is 41.3 Å². The maximum atomic E-state index is 4.78. The number of aliphatic imine (C=N–C) groups is 1. The molecule has 1 aliphatic heterocycles. The second kappa shape index (κ2) is 12.1. The molecular weight excluding hydrogens is 445 g/mol. The number of aromatic nitrogens is 1. The van der Waals surface area contributed by atoms with Gasteiger partial charge in [0.25, 0.3) is 0 Å². The smallest absolute Gasteiger partial charge is 0.191 e. The summed E-state index contributed by atoms with van der Waals surface area (Å²) in [7, 11) is 0. The third kappa shape index (κ3) is 8.21. The van der Waals surface area contributed by atoms with Crippen LogP contribution in [0.2, 0.25) is 0 Å². The van der Waals surface area contributed by atoms with Crippen molar-refractivity contribution in [2.24, 2.45) is 10.9 Å². The van der Waals surface area contributed by atoms with E-state index in [0.29, 0.717) is 6.04 Å². The molecule has 0 aromatic carbocycles. The van der Waals surface area contributed by atoms with Crippen LogP contribution in [-0.4, -0.2) is 54.6 Å². The third-order valence-corrected chi connectivity index (χ3v) is 5.57. The van der Waals surface area contributed by atoms with Crippen LogP contribution in [0.5, 0.6) is 0 Å². The van der Waals surface area contributed by atoms with E-state index in [2.05, 4.69) is 48.2 Å². The molecule has 0 saturated carbocycles. The SMILES string of the molecule is CCNC(=NCC(C)N1CCC(C)CC1)NCCc1ncc(C)s1.I. The molecule has 5 nitrogen and oxygen atoms in total. The van der Waals surface area contributed by atoms with E-state index in [-0.39, 0.29) is 24.0 Å². The normalized spacial score (nSPS) is 17.8. The Balaban J connectivity index is 0.00000312. The predicted molar refractivity (Wildman–Crippen MR) is 119 cm³/mol. The molecule has 0 amide bonds. The first-order valence-corrected chi connectivity index (χ1v) is 10.1. The first kappa shape index (κ1) is 22.6. The van der Waals surface area contributed by atoms with Gasteiger partial charge in [0.05, 0.1) is 11.6 Å². The highest BCUT2D eigenvalue weighted by molar-refractivity contribution is 14.0. The number of hydrogen-bond donors (Lipinski definition) is 2. The summed E-state index contributed by atoms with van der Waals surface area (Å²) in [5.74, 6) is 1.80. The van der Waals surface area contributed by atoms with E-state index in [1.165, 1.54) is 35.8 Å². The molecular formula is C18H34IN5S. The maximum absolute atomic E-state index is 4.78. The van der Waals surface area contributed by atoms with Crippen molar-refractivity contribution in [3.05, 3.63) is 16.1 Å². The fraction of sp³-hybridized carbons (Fsp3) is 0.778. The summed E-state index contributed by atoms with van der Waals surface area (Å²) in [4.78, 5) is 13.0. The summed E-state index contributed by atoms with van der Waals surface area (Å²) in [5.41, 5.74) is 0. The number of nitrogens with one attached hydrogen (secondary N) is 2. The lowest BCUT2D eigenvalue weighted by Gasteiger charge is -2.34. The van der Waals surface area contributed by atoms with Crippen molar-refractivity contribution in [1.82, 2.24) is 20.5 Å². The summed E-state index contributed by atoms with van der Waals surface area (Å²) in [5, 5.41) is 7.96. The molecule has 1 aromatic heterocycles. The van der Waals surface area contributed by atoms with Gasteiger partial charge in [0.15, 0.2) is 5.96 Å².